The van der Waals surface area contributed by atoms with Gasteiger partial charge in [0.05, 0.1) is 16.7 Å². The Labute approximate surface area is 172 Å². The lowest BCUT2D eigenvalue weighted by atomic mass is 10.0. The third kappa shape index (κ3) is 4.17. The first-order chi connectivity index (χ1) is 14.7. The molecule has 0 fully saturated rings. The number of benzene rings is 3. The second-order valence-corrected chi connectivity index (χ2v) is 6.25. The van der Waals surface area contributed by atoms with Gasteiger partial charge < -0.3 is 0 Å². The SMILES string of the molecule is O=[N+]([O-])c1ccccc1/C=N\Nc1nnc(-c2ccccc2)c(-c2ccccc2)n1. The van der Waals surface area contributed by atoms with Crippen molar-refractivity contribution in [1.29, 1.82) is 0 Å². The molecule has 0 amide bonds. The van der Waals surface area contributed by atoms with Crippen LogP contribution in [0.15, 0.2) is 90.0 Å². The molecule has 0 atom stereocenters. The highest BCUT2D eigenvalue weighted by molar-refractivity contribution is 5.85. The molecule has 30 heavy (non-hydrogen) atoms. The number of anilines is 1. The lowest BCUT2D eigenvalue weighted by Gasteiger charge is -2.09. The van der Waals surface area contributed by atoms with Crippen molar-refractivity contribution >= 4 is 17.9 Å². The van der Waals surface area contributed by atoms with E-state index in [1.165, 1.54) is 12.3 Å². The number of hydrazone groups is 1. The van der Waals surface area contributed by atoms with Crippen LogP contribution in [-0.4, -0.2) is 26.3 Å². The van der Waals surface area contributed by atoms with Gasteiger partial charge in [-0.1, -0.05) is 72.8 Å². The zero-order valence-electron chi connectivity index (χ0n) is 15.7. The Morgan fingerprint density at radius 2 is 1.40 bits per heavy atom. The maximum absolute atomic E-state index is 11.1. The topological polar surface area (TPSA) is 106 Å². The van der Waals surface area contributed by atoms with Crippen LogP contribution >= 0.6 is 0 Å². The fourth-order valence-electron chi connectivity index (χ4n) is 2.88. The van der Waals surface area contributed by atoms with E-state index in [0.29, 0.717) is 17.0 Å². The summed E-state index contributed by atoms with van der Waals surface area (Å²) in [5.74, 6) is 0.184. The first-order valence-corrected chi connectivity index (χ1v) is 9.10. The van der Waals surface area contributed by atoms with Crippen molar-refractivity contribution < 1.29 is 4.92 Å². The van der Waals surface area contributed by atoms with Crippen molar-refractivity contribution in [3.8, 4) is 22.5 Å². The van der Waals surface area contributed by atoms with E-state index in [0.717, 1.165) is 11.1 Å². The van der Waals surface area contributed by atoms with Crippen LogP contribution in [0.1, 0.15) is 5.56 Å². The third-order valence-electron chi connectivity index (χ3n) is 4.28. The fourth-order valence-corrected chi connectivity index (χ4v) is 2.88. The molecule has 4 aromatic rings. The average molecular weight is 396 g/mol. The Kier molecular flexibility index (Phi) is 5.47. The van der Waals surface area contributed by atoms with Crippen LogP contribution < -0.4 is 5.43 Å². The number of nitrogens with zero attached hydrogens (tertiary/aromatic N) is 5. The highest BCUT2D eigenvalue weighted by atomic mass is 16.6. The molecule has 8 heteroatoms. The van der Waals surface area contributed by atoms with Crippen molar-refractivity contribution in [1.82, 2.24) is 15.2 Å². The van der Waals surface area contributed by atoms with E-state index in [4.69, 9.17) is 0 Å². The van der Waals surface area contributed by atoms with E-state index < -0.39 is 4.92 Å². The fraction of sp³-hybridized carbons (Fsp3) is 0. The predicted molar refractivity (Wildman–Crippen MR) is 115 cm³/mol. The molecule has 3 aromatic carbocycles. The third-order valence-corrected chi connectivity index (χ3v) is 4.28. The molecule has 1 heterocycles. The molecule has 146 valence electrons. The molecule has 0 aliphatic heterocycles. The second kappa shape index (κ2) is 8.70. The van der Waals surface area contributed by atoms with Gasteiger partial charge in [-0.2, -0.15) is 5.10 Å². The van der Waals surface area contributed by atoms with Gasteiger partial charge in [0, 0.05) is 17.2 Å². The van der Waals surface area contributed by atoms with Crippen molar-refractivity contribution in [2.45, 2.75) is 0 Å². The standard InChI is InChI=1S/C22H16N6O2/c29-28(30)19-14-8-7-13-18(19)15-23-26-22-24-20(16-9-3-1-4-10-16)21(25-27-22)17-11-5-2-6-12-17/h1-15H,(H,24,26,27)/b23-15-. The van der Waals surface area contributed by atoms with Gasteiger partial charge in [-0.05, 0) is 6.07 Å². The maximum Gasteiger partial charge on any atom is 0.278 e. The molecule has 0 saturated carbocycles. The average Bonchev–Trinajstić information content (AvgIpc) is 2.80. The Bertz CT molecular complexity index is 1200. The summed E-state index contributed by atoms with van der Waals surface area (Å²) in [5, 5.41) is 23.6. The smallest absolute Gasteiger partial charge is 0.258 e. The highest BCUT2D eigenvalue weighted by Crippen LogP contribution is 2.28. The summed E-state index contributed by atoms with van der Waals surface area (Å²) in [4.78, 5) is 15.2. The normalized spacial score (nSPS) is 10.8. The van der Waals surface area contributed by atoms with Crippen LogP contribution in [-0.2, 0) is 0 Å². The number of hydrogen-bond acceptors (Lipinski definition) is 7. The lowest BCUT2D eigenvalue weighted by molar-refractivity contribution is -0.385. The molecular weight excluding hydrogens is 380 g/mol. The van der Waals surface area contributed by atoms with Gasteiger partial charge in [-0.25, -0.2) is 10.4 Å². The minimum atomic E-state index is -0.457. The van der Waals surface area contributed by atoms with Gasteiger partial charge in [0.2, 0.25) is 0 Å². The van der Waals surface area contributed by atoms with Crippen LogP contribution in [0, 0.1) is 10.1 Å². The summed E-state index contributed by atoms with van der Waals surface area (Å²) < 4.78 is 0. The van der Waals surface area contributed by atoms with Gasteiger partial charge in [0.1, 0.15) is 11.4 Å². The van der Waals surface area contributed by atoms with Crippen molar-refractivity contribution in [2.75, 3.05) is 5.43 Å². The highest BCUT2D eigenvalue weighted by Gasteiger charge is 2.13. The quantitative estimate of drug-likeness (QED) is 0.291. The molecule has 0 unspecified atom stereocenters. The van der Waals surface area contributed by atoms with Crippen molar-refractivity contribution in [3.05, 3.63) is 101 Å². The Hall–Kier alpha value is -4.46. The monoisotopic (exact) mass is 396 g/mol. The predicted octanol–water partition coefficient (Wildman–Crippen LogP) is 4.56. The number of nitro groups is 1. The number of hydrogen-bond donors (Lipinski definition) is 1. The van der Waals surface area contributed by atoms with Crippen LogP contribution in [0.4, 0.5) is 11.6 Å². The molecule has 1 N–H and O–H groups in total. The number of nitrogens with one attached hydrogen (secondary N) is 1. The van der Waals surface area contributed by atoms with Crippen LogP contribution in [0.25, 0.3) is 22.5 Å². The minimum absolute atomic E-state index is 0.0357. The van der Waals surface area contributed by atoms with Gasteiger partial charge in [0.25, 0.3) is 11.6 Å². The Morgan fingerprint density at radius 3 is 2.07 bits per heavy atom. The maximum atomic E-state index is 11.1. The number of nitro benzene ring substituents is 1. The molecule has 0 bridgehead atoms. The summed E-state index contributed by atoms with van der Waals surface area (Å²) >= 11 is 0. The first kappa shape index (κ1) is 18.9. The zero-order valence-corrected chi connectivity index (χ0v) is 15.7. The molecule has 8 nitrogen and oxygen atoms in total. The molecule has 0 radical (unpaired) electrons. The summed E-state index contributed by atoms with van der Waals surface area (Å²) in [5.41, 5.74) is 6.12. The van der Waals surface area contributed by atoms with Gasteiger partial charge in [0.15, 0.2) is 0 Å². The van der Waals surface area contributed by atoms with Gasteiger partial charge in [-0.3, -0.25) is 10.1 Å². The largest absolute Gasteiger partial charge is 0.278 e. The number of rotatable bonds is 6. The van der Waals surface area contributed by atoms with Gasteiger partial charge >= 0.3 is 0 Å². The number of para-hydroxylation sites is 1. The molecule has 0 spiro atoms. The van der Waals surface area contributed by atoms with E-state index in [1.807, 2.05) is 60.7 Å². The summed E-state index contributed by atoms with van der Waals surface area (Å²) in [6.45, 7) is 0. The molecule has 4 rings (SSSR count). The molecule has 0 aliphatic rings. The van der Waals surface area contributed by atoms with Crippen molar-refractivity contribution in [3.63, 3.8) is 0 Å². The molecule has 0 saturated heterocycles. The van der Waals surface area contributed by atoms with E-state index in [-0.39, 0.29) is 11.6 Å². The van der Waals surface area contributed by atoms with Crippen LogP contribution in [0.2, 0.25) is 0 Å². The van der Waals surface area contributed by atoms with E-state index in [2.05, 4.69) is 25.7 Å². The zero-order chi connectivity index (χ0) is 20.8. The molecular formula is C22H16N6O2. The van der Waals surface area contributed by atoms with Crippen molar-refractivity contribution in [2.24, 2.45) is 5.10 Å². The Balaban J connectivity index is 1.67. The van der Waals surface area contributed by atoms with E-state index in [9.17, 15) is 10.1 Å². The molecule has 1 aromatic heterocycles. The van der Waals surface area contributed by atoms with Crippen LogP contribution in [0.5, 0.6) is 0 Å². The van der Waals surface area contributed by atoms with E-state index >= 15 is 0 Å². The summed E-state index contributed by atoms with van der Waals surface area (Å²) in [6.07, 6.45) is 1.36. The second-order valence-electron chi connectivity index (χ2n) is 6.25. The minimum Gasteiger partial charge on any atom is -0.258 e. The van der Waals surface area contributed by atoms with Gasteiger partial charge in [-0.15, -0.1) is 10.2 Å². The van der Waals surface area contributed by atoms with E-state index in [1.54, 1.807) is 18.2 Å². The molecule has 0 aliphatic carbocycles. The first-order valence-electron chi connectivity index (χ1n) is 9.10. The number of aromatic nitrogens is 3. The van der Waals surface area contributed by atoms with Crippen LogP contribution in [0.3, 0.4) is 0 Å². The summed E-state index contributed by atoms with van der Waals surface area (Å²) in [7, 11) is 0. The lowest BCUT2D eigenvalue weighted by Crippen LogP contribution is -2.03. The Morgan fingerprint density at radius 1 is 0.800 bits per heavy atom. The summed E-state index contributed by atoms with van der Waals surface area (Å²) in [6, 6.07) is 25.7.